The van der Waals surface area contributed by atoms with Crippen molar-refractivity contribution in [2.75, 3.05) is 0 Å². The predicted octanol–water partition coefficient (Wildman–Crippen LogP) is -0.0627. The number of nitrogens with one attached hydrogen (secondary N) is 1. The van der Waals surface area contributed by atoms with E-state index in [1.54, 1.807) is 18.3 Å². The normalized spacial score (nSPS) is 9.33. The van der Waals surface area contributed by atoms with Crippen LogP contribution in [0.1, 0.15) is 0 Å². The number of hydrogen-bond donors (Lipinski definition) is 1. The van der Waals surface area contributed by atoms with Gasteiger partial charge in [-0.05, 0) is 12.1 Å². The number of aromatic amines is 1. The molecule has 2 rings (SSSR count). The maximum Gasteiger partial charge on any atom is 0.345 e. The van der Waals surface area contributed by atoms with E-state index in [1.807, 2.05) is 0 Å². The van der Waals surface area contributed by atoms with Gasteiger partial charge < -0.3 is 4.98 Å². The summed E-state index contributed by atoms with van der Waals surface area (Å²) in [6.45, 7) is 0. The van der Waals surface area contributed by atoms with Gasteiger partial charge in [-0.25, -0.2) is 4.79 Å². The summed E-state index contributed by atoms with van der Waals surface area (Å²) in [7, 11) is 0. The van der Waals surface area contributed by atoms with Crippen molar-refractivity contribution in [1.82, 2.24) is 15.0 Å². The van der Waals surface area contributed by atoms with Gasteiger partial charge in [0.25, 0.3) is 0 Å². The average Bonchev–Trinajstić information content (AvgIpc) is 2.04. The summed E-state index contributed by atoms with van der Waals surface area (Å²) in [5.41, 5.74) is 1.07. The third-order valence-electron chi connectivity index (χ3n) is 1.38. The molecule has 0 atom stereocenters. The van der Waals surface area contributed by atoms with Crippen LogP contribution in [0, 0.1) is 0 Å². The van der Waals surface area contributed by atoms with Crippen LogP contribution in [-0.4, -0.2) is 42.3 Å². The van der Waals surface area contributed by atoms with Crippen LogP contribution in [0.25, 0.3) is 11.0 Å². The van der Waals surface area contributed by atoms with Crippen LogP contribution in [0.4, 0.5) is 0 Å². The number of H-pyrrole nitrogens is 1. The third kappa shape index (κ3) is 1.68. The van der Waals surface area contributed by atoms with E-state index >= 15 is 0 Å². The largest absolute Gasteiger partial charge is 0.345 e. The zero-order valence-electron chi connectivity index (χ0n) is 6.11. The summed E-state index contributed by atoms with van der Waals surface area (Å²) in [6.07, 6.45) is 3.11. The minimum atomic E-state index is -0.342. The summed E-state index contributed by atoms with van der Waals surface area (Å²) in [5, 5.41) is 0. The molecule has 1 N–H and O–H groups in total. The Morgan fingerprint density at radius 2 is 2.17 bits per heavy atom. The van der Waals surface area contributed by atoms with Crippen molar-refractivity contribution in [2.45, 2.75) is 0 Å². The SMILES string of the molecule is O=c1ncc2ncccc2[nH]1.[Pb]. The molecule has 0 amide bonds. The Morgan fingerprint density at radius 1 is 1.33 bits per heavy atom. The minimum absolute atomic E-state index is 0. The Kier molecular flexibility index (Phi) is 2.90. The first kappa shape index (κ1) is 9.30. The van der Waals surface area contributed by atoms with E-state index in [0.717, 1.165) is 0 Å². The molecule has 5 heteroatoms. The molecule has 4 nitrogen and oxygen atoms in total. The van der Waals surface area contributed by atoms with Gasteiger partial charge in [-0.15, -0.1) is 0 Å². The van der Waals surface area contributed by atoms with Crippen LogP contribution in [0.5, 0.6) is 0 Å². The molecule has 0 fully saturated rings. The van der Waals surface area contributed by atoms with Gasteiger partial charge in [-0.1, -0.05) is 0 Å². The van der Waals surface area contributed by atoms with Crippen molar-refractivity contribution in [3.63, 3.8) is 0 Å². The van der Waals surface area contributed by atoms with Gasteiger partial charge in [0.1, 0.15) is 5.52 Å². The van der Waals surface area contributed by atoms with Gasteiger partial charge in [-0.2, -0.15) is 4.98 Å². The van der Waals surface area contributed by atoms with E-state index in [1.165, 1.54) is 6.20 Å². The standard InChI is InChI=1S/C7H5N3O.Pb/c11-7-9-4-6-5(10-7)2-1-3-8-6;/h1-4H,(H,9,10,11);. The Bertz CT molecular complexity index is 440. The molecule has 0 aliphatic carbocycles. The Morgan fingerprint density at radius 3 is 3.00 bits per heavy atom. The van der Waals surface area contributed by atoms with Crippen molar-refractivity contribution in [1.29, 1.82) is 0 Å². The predicted molar refractivity (Wildman–Crippen MR) is 45.9 cm³/mol. The molecule has 0 saturated carbocycles. The Labute approximate surface area is 88.2 Å². The summed E-state index contributed by atoms with van der Waals surface area (Å²) in [6, 6.07) is 3.55. The molecule has 0 aromatic carbocycles. The van der Waals surface area contributed by atoms with E-state index in [-0.39, 0.29) is 33.0 Å². The van der Waals surface area contributed by atoms with E-state index < -0.39 is 0 Å². The zero-order valence-corrected chi connectivity index (χ0v) is 10.00. The number of pyridine rings is 1. The summed E-state index contributed by atoms with van der Waals surface area (Å²) in [5.74, 6) is 0. The number of fused-ring (bicyclic) bond motifs is 1. The van der Waals surface area contributed by atoms with Crippen molar-refractivity contribution in [3.05, 3.63) is 35.0 Å². The van der Waals surface area contributed by atoms with Crippen LogP contribution in [0.15, 0.2) is 29.3 Å². The summed E-state index contributed by atoms with van der Waals surface area (Å²) >= 11 is 0. The Balaban J connectivity index is 0.000000720. The summed E-state index contributed by atoms with van der Waals surface area (Å²) in [4.78, 5) is 20.8. The average molecular weight is 354 g/mol. The molecular formula is C7H5N3OPb. The fraction of sp³-hybridized carbons (Fsp3) is 0. The second kappa shape index (κ2) is 3.75. The van der Waals surface area contributed by atoms with Crippen LogP contribution >= 0.6 is 0 Å². The molecule has 0 unspecified atom stereocenters. The van der Waals surface area contributed by atoms with E-state index in [4.69, 9.17) is 0 Å². The molecule has 0 spiro atoms. The Hall–Kier alpha value is -0.788. The zero-order chi connectivity index (χ0) is 7.68. The second-order valence-electron chi connectivity index (χ2n) is 2.12. The van der Waals surface area contributed by atoms with Crippen molar-refractivity contribution in [3.8, 4) is 0 Å². The first-order valence-corrected chi connectivity index (χ1v) is 3.16. The van der Waals surface area contributed by atoms with E-state index in [9.17, 15) is 4.79 Å². The van der Waals surface area contributed by atoms with Crippen LogP contribution in [0.2, 0.25) is 0 Å². The number of nitrogens with zero attached hydrogens (tertiary/aromatic N) is 2. The van der Waals surface area contributed by atoms with Gasteiger partial charge >= 0.3 is 5.69 Å². The molecule has 58 valence electrons. The van der Waals surface area contributed by atoms with Gasteiger partial charge in [0, 0.05) is 33.5 Å². The minimum Gasteiger partial charge on any atom is -0.304 e. The van der Waals surface area contributed by atoms with Gasteiger partial charge in [0.2, 0.25) is 0 Å². The smallest absolute Gasteiger partial charge is 0.304 e. The molecule has 4 radical (unpaired) electrons. The molecule has 2 aromatic heterocycles. The molecular weight excluding hydrogens is 349 g/mol. The molecule has 0 bridgehead atoms. The quantitative estimate of drug-likeness (QED) is 0.675. The molecule has 0 aliphatic heterocycles. The van der Waals surface area contributed by atoms with E-state index in [0.29, 0.717) is 11.0 Å². The van der Waals surface area contributed by atoms with Crippen molar-refractivity contribution < 1.29 is 0 Å². The fourth-order valence-corrected chi connectivity index (χ4v) is 0.893. The van der Waals surface area contributed by atoms with Crippen LogP contribution in [-0.2, 0) is 0 Å². The maximum atomic E-state index is 10.7. The second-order valence-corrected chi connectivity index (χ2v) is 2.12. The van der Waals surface area contributed by atoms with Crippen LogP contribution < -0.4 is 5.69 Å². The maximum absolute atomic E-state index is 10.7. The molecule has 2 aromatic rings. The summed E-state index contributed by atoms with van der Waals surface area (Å²) < 4.78 is 0. The molecule has 2 heterocycles. The molecule has 0 aliphatic rings. The topological polar surface area (TPSA) is 58.6 Å². The number of rotatable bonds is 0. The number of hydrogen-bond acceptors (Lipinski definition) is 3. The van der Waals surface area contributed by atoms with Gasteiger partial charge in [0.15, 0.2) is 0 Å². The van der Waals surface area contributed by atoms with Crippen molar-refractivity contribution in [2.24, 2.45) is 0 Å². The fourth-order valence-electron chi connectivity index (χ4n) is 0.893. The third-order valence-corrected chi connectivity index (χ3v) is 1.38. The first-order chi connectivity index (χ1) is 5.36. The molecule has 0 saturated heterocycles. The van der Waals surface area contributed by atoms with Crippen LogP contribution in [0.3, 0.4) is 0 Å². The first-order valence-electron chi connectivity index (χ1n) is 3.16. The van der Waals surface area contributed by atoms with Gasteiger partial charge in [-0.3, -0.25) is 4.98 Å². The van der Waals surface area contributed by atoms with Gasteiger partial charge in [0.05, 0.1) is 11.7 Å². The van der Waals surface area contributed by atoms with Crippen molar-refractivity contribution >= 4 is 38.3 Å². The molecule has 12 heavy (non-hydrogen) atoms. The monoisotopic (exact) mass is 355 g/mol. The number of aromatic nitrogens is 3. The van der Waals surface area contributed by atoms with E-state index in [2.05, 4.69) is 15.0 Å².